The lowest BCUT2D eigenvalue weighted by Gasteiger charge is -2.30. The number of nitrogens with one attached hydrogen (secondary N) is 1. The number of nitrogens with zero attached hydrogens (tertiary/aromatic N) is 1. The fraction of sp³-hybridized carbons (Fsp3) is 0.719. The molecule has 426 valence electrons. The maximum Gasteiger partial charge on any atom is 0.306 e. The Hall–Kier alpha value is -3.07. The molecule has 1 amide bonds. The Labute approximate surface area is 456 Å². The van der Waals surface area contributed by atoms with E-state index in [0.29, 0.717) is 23.9 Å². The van der Waals surface area contributed by atoms with E-state index in [4.69, 9.17) is 13.8 Å². The average Bonchev–Trinajstić information content (AvgIpc) is 3.36. The maximum absolute atomic E-state index is 13.5. The Balaban J connectivity index is 5.32. The van der Waals surface area contributed by atoms with Crippen molar-refractivity contribution in [2.24, 2.45) is 0 Å². The van der Waals surface area contributed by atoms with Gasteiger partial charge in [-0.3, -0.25) is 14.2 Å². The van der Waals surface area contributed by atoms with E-state index in [2.05, 4.69) is 99.0 Å². The molecule has 0 aromatic carbocycles. The van der Waals surface area contributed by atoms with Crippen LogP contribution in [0.2, 0.25) is 0 Å². The molecular weight excluding hydrogens is 940 g/mol. The molecule has 3 unspecified atom stereocenters. The van der Waals surface area contributed by atoms with E-state index in [1.807, 2.05) is 45.4 Å². The first-order valence-electron chi connectivity index (χ1n) is 30.0. The van der Waals surface area contributed by atoms with Crippen LogP contribution in [0.4, 0.5) is 0 Å². The van der Waals surface area contributed by atoms with Gasteiger partial charge in [0.25, 0.3) is 7.82 Å². The van der Waals surface area contributed by atoms with E-state index in [1.165, 1.54) is 122 Å². The summed E-state index contributed by atoms with van der Waals surface area (Å²) in [7, 11) is 1.13. The van der Waals surface area contributed by atoms with Gasteiger partial charge in [0.1, 0.15) is 19.3 Å². The Morgan fingerprint density at radius 3 is 1.35 bits per heavy atom. The molecule has 0 aliphatic heterocycles. The van der Waals surface area contributed by atoms with Crippen molar-refractivity contribution < 1.29 is 37.3 Å². The molecule has 10 heteroatoms. The number of ether oxygens (including phenoxy) is 1. The number of rotatable bonds is 53. The van der Waals surface area contributed by atoms with Gasteiger partial charge in [-0.05, 0) is 96.0 Å². The SMILES string of the molecule is CC/C=C/C/C=C/C/C=C/C/C=C/C/C=C/CCC(=O)NC(COP(=O)([O-])OCC[N+](C)(C)C)C(/C=C/CCCCCCCCCCC)OC(=O)CCCCCCCCCCCCC/C=C\C/C=C\CCCCC. The summed E-state index contributed by atoms with van der Waals surface area (Å²) in [5.41, 5.74) is 0. The van der Waals surface area contributed by atoms with Crippen LogP contribution in [-0.2, 0) is 27.9 Å². The monoisotopic (exact) mass is 1050 g/mol. The Morgan fingerprint density at radius 1 is 0.486 bits per heavy atom. The molecule has 0 aromatic rings. The van der Waals surface area contributed by atoms with Crippen LogP contribution in [0.3, 0.4) is 0 Å². The first-order valence-corrected chi connectivity index (χ1v) is 31.5. The van der Waals surface area contributed by atoms with Crippen LogP contribution < -0.4 is 10.2 Å². The van der Waals surface area contributed by atoms with Crippen molar-refractivity contribution in [3.8, 4) is 0 Å². The van der Waals surface area contributed by atoms with Crippen LogP contribution in [0.5, 0.6) is 0 Å². The number of phosphoric acid groups is 1. The van der Waals surface area contributed by atoms with Crippen LogP contribution >= 0.6 is 7.82 Å². The number of esters is 1. The number of phosphoric ester groups is 1. The molecule has 0 radical (unpaired) electrons. The van der Waals surface area contributed by atoms with Crippen molar-refractivity contribution in [3.63, 3.8) is 0 Å². The van der Waals surface area contributed by atoms with Gasteiger partial charge >= 0.3 is 5.97 Å². The third-order valence-electron chi connectivity index (χ3n) is 12.8. The van der Waals surface area contributed by atoms with Gasteiger partial charge in [0.15, 0.2) is 0 Å². The van der Waals surface area contributed by atoms with Gasteiger partial charge in [-0.1, -0.05) is 234 Å². The van der Waals surface area contributed by atoms with Crippen molar-refractivity contribution in [1.82, 2.24) is 5.32 Å². The summed E-state index contributed by atoms with van der Waals surface area (Å²) in [6, 6.07) is -0.933. The molecule has 3 atom stereocenters. The predicted molar refractivity (Wildman–Crippen MR) is 316 cm³/mol. The molecule has 0 bridgehead atoms. The van der Waals surface area contributed by atoms with Crippen LogP contribution in [-0.4, -0.2) is 69.4 Å². The van der Waals surface area contributed by atoms with Gasteiger partial charge in [0, 0.05) is 12.8 Å². The molecule has 0 rings (SSSR count). The van der Waals surface area contributed by atoms with E-state index >= 15 is 0 Å². The van der Waals surface area contributed by atoms with Crippen LogP contribution in [0.1, 0.15) is 245 Å². The second kappa shape index (κ2) is 53.3. The standard InChI is InChI=1S/C64H113N2O7P/c1-7-10-13-16-19-22-25-27-29-31-32-33-34-35-37-39-42-45-48-51-54-57-64(68)73-62(55-52-49-46-43-40-24-21-18-15-12-9-3)61(60-72-74(69,70)71-59-58-66(4,5)6)65-63(67)56-53-50-47-44-41-38-36-30-28-26-23-20-17-14-11-8-2/h11,14,19-20,22-23,27-30,38,41,47,50,52,55,61-62H,7-10,12-13,15-18,21,24-26,31-37,39-40,42-46,48-49,51,53-54,56-60H2,1-6H3,(H-,65,67,69,70)/b14-11+,22-19-,23-20+,29-27-,30-28+,41-38+,50-47+,55-52+. The zero-order valence-corrected chi connectivity index (χ0v) is 49.4. The van der Waals surface area contributed by atoms with Crippen LogP contribution in [0, 0.1) is 0 Å². The summed E-state index contributed by atoms with van der Waals surface area (Å²) < 4.78 is 30.2. The molecule has 0 fully saturated rings. The highest BCUT2D eigenvalue weighted by Gasteiger charge is 2.27. The minimum atomic E-state index is -4.72. The van der Waals surface area contributed by atoms with E-state index in [9.17, 15) is 19.0 Å². The topological polar surface area (TPSA) is 114 Å². The maximum atomic E-state index is 13.5. The second-order valence-electron chi connectivity index (χ2n) is 21.1. The van der Waals surface area contributed by atoms with E-state index in [0.717, 1.165) is 77.0 Å². The summed E-state index contributed by atoms with van der Waals surface area (Å²) in [6.45, 7) is 6.63. The van der Waals surface area contributed by atoms with Gasteiger partial charge in [-0.15, -0.1) is 0 Å². The number of quaternary nitrogens is 1. The lowest BCUT2D eigenvalue weighted by molar-refractivity contribution is -0.870. The molecule has 0 aliphatic carbocycles. The molecule has 0 aromatic heterocycles. The quantitative estimate of drug-likeness (QED) is 0.0212. The Morgan fingerprint density at radius 2 is 0.878 bits per heavy atom. The first-order chi connectivity index (χ1) is 35.9. The van der Waals surface area contributed by atoms with E-state index in [-0.39, 0.29) is 31.3 Å². The number of carbonyl (C=O) groups excluding carboxylic acids is 2. The fourth-order valence-electron chi connectivity index (χ4n) is 8.13. The first kappa shape index (κ1) is 70.9. The van der Waals surface area contributed by atoms with Crippen LogP contribution in [0.15, 0.2) is 97.2 Å². The molecule has 1 N–H and O–H groups in total. The summed E-state index contributed by atoms with van der Waals surface area (Å²) >= 11 is 0. The van der Waals surface area contributed by atoms with Gasteiger partial charge in [-0.25, -0.2) is 0 Å². The highest BCUT2D eigenvalue weighted by atomic mass is 31.2. The summed E-state index contributed by atoms with van der Waals surface area (Å²) in [5, 5.41) is 2.97. The van der Waals surface area contributed by atoms with Crippen molar-refractivity contribution in [2.75, 3.05) is 40.9 Å². The minimum Gasteiger partial charge on any atom is -0.756 e. The number of unbranched alkanes of at least 4 members (excludes halogenated alkanes) is 23. The predicted octanol–water partition coefficient (Wildman–Crippen LogP) is 17.8. The molecular formula is C64H113N2O7P. The average molecular weight is 1050 g/mol. The molecule has 0 aliphatic rings. The van der Waals surface area contributed by atoms with Crippen molar-refractivity contribution in [2.45, 2.75) is 258 Å². The van der Waals surface area contributed by atoms with E-state index < -0.39 is 26.6 Å². The second-order valence-corrected chi connectivity index (χ2v) is 22.5. The zero-order chi connectivity index (χ0) is 54.3. The number of likely N-dealkylation sites (N-methyl/N-ethyl adjacent to an activating group) is 1. The molecule has 0 saturated carbocycles. The number of carbonyl (C=O) groups is 2. The summed E-state index contributed by atoms with van der Waals surface area (Å²) in [4.78, 5) is 39.9. The number of allylic oxidation sites excluding steroid dienone is 15. The molecule has 0 heterocycles. The molecule has 74 heavy (non-hydrogen) atoms. The third-order valence-corrected chi connectivity index (χ3v) is 13.7. The Kier molecular flexibility index (Phi) is 51.1. The van der Waals surface area contributed by atoms with E-state index in [1.54, 1.807) is 0 Å². The molecule has 0 spiro atoms. The van der Waals surface area contributed by atoms with Crippen molar-refractivity contribution in [1.29, 1.82) is 0 Å². The lowest BCUT2D eigenvalue weighted by atomic mass is 10.0. The Bertz CT molecular complexity index is 1590. The minimum absolute atomic E-state index is 0.0398. The van der Waals surface area contributed by atoms with Crippen molar-refractivity contribution >= 4 is 19.7 Å². The number of hydrogen-bond donors (Lipinski definition) is 1. The normalized spacial score (nSPS) is 14.4. The van der Waals surface area contributed by atoms with Crippen LogP contribution in [0.25, 0.3) is 0 Å². The summed E-state index contributed by atoms with van der Waals surface area (Å²) in [6.07, 6.45) is 71.1. The van der Waals surface area contributed by atoms with Gasteiger partial charge in [0.2, 0.25) is 5.91 Å². The van der Waals surface area contributed by atoms with Crippen molar-refractivity contribution in [3.05, 3.63) is 97.2 Å². The fourth-order valence-corrected chi connectivity index (χ4v) is 8.85. The largest absolute Gasteiger partial charge is 0.756 e. The smallest absolute Gasteiger partial charge is 0.306 e. The molecule has 9 nitrogen and oxygen atoms in total. The highest BCUT2D eigenvalue weighted by Crippen LogP contribution is 2.38. The lowest BCUT2D eigenvalue weighted by Crippen LogP contribution is -2.47. The number of amides is 1. The van der Waals surface area contributed by atoms with Gasteiger partial charge in [-0.2, -0.15) is 0 Å². The highest BCUT2D eigenvalue weighted by molar-refractivity contribution is 7.45. The third kappa shape index (κ3) is 53.7. The van der Waals surface area contributed by atoms with Gasteiger partial charge in [0.05, 0.1) is 33.8 Å². The zero-order valence-electron chi connectivity index (χ0n) is 48.5. The number of hydrogen-bond acceptors (Lipinski definition) is 7. The summed E-state index contributed by atoms with van der Waals surface area (Å²) in [5.74, 6) is -0.644. The van der Waals surface area contributed by atoms with Gasteiger partial charge < -0.3 is 28.5 Å². The molecule has 0 saturated heterocycles.